The Balaban J connectivity index is 1.61. The van der Waals surface area contributed by atoms with E-state index in [1.165, 1.54) is 29.0 Å². The summed E-state index contributed by atoms with van der Waals surface area (Å²) in [6.45, 7) is -0.356. The number of halogens is 2. The Labute approximate surface area is 163 Å². The van der Waals surface area contributed by atoms with Gasteiger partial charge >= 0.3 is 0 Å². The predicted molar refractivity (Wildman–Crippen MR) is 103 cm³/mol. The van der Waals surface area contributed by atoms with Gasteiger partial charge in [0.05, 0.1) is 11.4 Å². The first-order valence-electron chi connectivity index (χ1n) is 8.27. The van der Waals surface area contributed by atoms with Gasteiger partial charge in [-0.1, -0.05) is 35.9 Å². The molecular formula is C19H13ClFN5O2. The molecule has 1 N–H and O–H groups in total. The highest BCUT2D eigenvalue weighted by molar-refractivity contribution is 6.30. The second kappa shape index (κ2) is 7.24. The minimum absolute atomic E-state index is 0.0380. The predicted octanol–water partition coefficient (Wildman–Crippen LogP) is 2.99. The average Bonchev–Trinajstić information content (AvgIpc) is 3.12. The number of benzene rings is 2. The Hall–Kier alpha value is -3.52. The minimum atomic E-state index is -0.568. The molecule has 0 bridgehead atoms. The van der Waals surface area contributed by atoms with Crippen LogP contribution in [0.15, 0.2) is 65.7 Å². The Bertz CT molecular complexity index is 1230. The molecule has 0 aliphatic heterocycles. The Morgan fingerprint density at radius 3 is 2.64 bits per heavy atom. The minimum Gasteiger partial charge on any atom is -0.322 e. The summed E-state index contributed by atoms with van der Waals surface area (Å²) in [6, 6.07) is 14.4. The highest BCUT2D eigenvalue weighted by Gasteiger charge is 2.13. The van der Waals surface area contributed by atoms with Gasteiger partial charge in [-0.05, 0) is 30.3 Å². The van der Waals surface area contributed by atoms with Crippen molar-refractivity contribution in [3.63, 3.8) is 0 Å². The monoisotopic (exact) mass is 397 g/mol. The van der Waals surface area contributed by atoms with Crippen molar-refractivity contribution >= 4 is 28.7 Å². The van der Waals surface area contributed by atoms with Gasteiger partial charge in [-0.3, -0.25) is 9.59 Å². The van der Waals surface area contributed by atoms with Crippen LogP contribution in [0.2, 0.25) is 5.02 Å². The molecular weight excluding hydrogens is 385 g/mol. The van der Waals surface area contributed by atoms with Crippen molar-refractivity contribution in [1.29, 1.82) is 0 Å². The van der Waals surface area contributed by atoms with E-state index in [2.05, 4.69) is 15.5 Å². The van der Waals surface area contributed by atoms with Crippen LogP contribution < -0.4 is 10.9 Å². The smallest absolute Gasteiger partial charge is 0.293 e. The molecule has 0 saturated carbocycles. The number of carbonyl (C=O) groups excluding carboxylic acids is 1. The van der Waals surface area contributed by atoms with Crippen LogP contribution in [0.1, 0.15) is 0 Å². The fourth-order valence-corrected chi connectivity index (χ4v) is 2.83. The zero-order valence-electron chi connectivity index (χ0n) is 14.3. The molecule has 2 aromatic heterocycles. The van der Waals surface area contributed by atoms with Crippen LogP contribution in [0.4, 0.5) is 10.1 Å². The normalized spacial score (nSPS) is 10.9. The summed E-state index contributed by atoms with van der Waals surface area (Å²) in [5, 5.41) is 11.3. The van der Waals surface area contributed by atoms with E-state index < -0.39 is 17.3 Å². The number of hydrogen-bond acceptors (Lipinski definition) is 4. The maximum absolute atomic E-state index is 13.6. The molecule has 9 heteroatoms. The van der Waals surface area contributed by atoms with Gasteiger partial charge in [-0.25, -0.2) is 13.6 Å². The fraction of sp³-hybridized carbons (Fsp3) is 0.0526. The lowest BCUT2D eigenvalue weighted by molar-refractivity contribution is -0.117. The van der Waals surface area contributed by atoms with Crippen molar-refractivity contribution in [1.82, 2.24) is 19.4 Å². The molecule has 0 saturated heterocycles. The average molecular weight is 398 g/mol. The highest BCUT2D eigenvalue weighted by atomic mass is 35.5. The summed E-state index contributed by atoms with van der Waals surface area (Å²) in [4.78, 5) is 24.8. The molecule has 28 heavy (non-hydrogen) atoms. The van der Waals surface area contributed by atoms with E-state index in [9.17, 15) is 14.0 Å². The fourth-order valence-electron chi connectivity index (χ4n) is 2.70. The van der Waals surface area contributed by atoms with Gasteiger partial charge in [0.25, 0.3) is 5.56 Å². The van der Waals surface area contributed by atoms with Gasteiger partial charge in [0.2, 0.25) is 5.91 Å². The zero-order valence-corrected chi connectivity index (χ0v) is 15.1. The number of carbonyl (C=O) groups is 1. The summed E-state index contributed by atoms with van der Waals surface area (Å²) < 4.78 is 16.0. The van der Waals surface area contributed by atoms with Gasteiger partial charge in [-0.15, -0.1) is 0 Å². The van der Waals surface area contributed by atoms with Crippen LogP contribution in [0.3, 0.4) is 0 Å². The lowest BCUT2D eigenvalue weighted by atomic mass is 10.1. The van der Waals surface area contributed by atoms with Crippen molar-refractivity contribution in [3.8, 4) is 11.3 Å². The number of nitrogens with one attached hydrogen (secondary N) is 1. The quantitative estimate of drug-likeness (QED) is 0.574. The number of para-hydroxylation sites is 1. The van der Waals surface area contributed by atoms with Crippen molar-refractivity contribution < 1.29 is 9.18 Å². The molecule has 0 unspecified atom stereocenters. The third-order valence-corrected chi connectivity index (χ3v) is 4.32. The summed E-state index contributed by atoms with van der Waals surface area (Å²) in [5.74, 6) is -1.13. The molecule has 0 aliphatic carbocycles. The molecule has 7 nitrogen and oxygen atoms in total. The largest absolute Gasteiger partial charge is 0.322 e. The number of aromatic nitrogens is 4. The zero-order chi connectivity index (χ0) is 19.7. The van der Waals surface area contributed by atoms with Crippen LogP contribution in [-0.4, -0.2) is 25.3 Å². The van der Waals surface area contributed by atoms with Crippen molar-refractivity contribution in [2.45, 2.75) is 6.54 Å². The number of amides is 1. The van der Waals surface area contributed by atoms with Gasteiger partial charge in [0.15, 0.2) is 0 Å². The topological polar surface area (TPSA) is 81.3 Å². The number of rotatable bonds is 4. The Morgan fingerprint density at radius 2 is 1.89 bits per heavy atom. The van der Waals surface area contributed by atoms with Gasteiger partial charge in [0.1, 0.15) is 24.2 Å². The molecule has 4 aromatic rings. The number of nitrogens with zero attached hydrogens (tertiary/aromatic N) is 4. The maximum Gasteiger partial charge on any atom is 0.293 e. The molecule has 4 rings (SSSR count). The van der Waals surface area contributed by atoms with E-state index in [0.29, 0.717) is 10.7 Å². The molecule has 0 fully saturated rings. The molecule has 2 heterocycles. The van der Waals surface area contributed by atoms with E-state index in [1.807, 2.05) is 0 Å². The van der Waals surface area contributed by atoms with Crippen LogP contribution in [-0.2, 0) is 11.3 Å². The number of anilines is 1. The van der Waals surface area contributed by atoms with Crippen molar-refractivity contribution in [2.24, 2.45) is 0 Å². The van der Waals surface area contributed by atoms with Crippen molar-refractivity contribution in [3.05, 3.63) is 82.1 Å². The van der Waals surface area contributed by atoms with Crippen LogP contribution >= 0.6 is 11.6 Å². The van der Waals surface area contributed by atoms with E-state index in [0.717, 1.165) is 10.2 Å². The van der Waals surface area contributed by atoms with Gasteiger partial charge in [-0.2, -0.15) is 10.2 Å². The molecule has 140 valence electrons. The third kappa shape index (κ3) is 3.49. The molecule has 0 spiro atoms. The Morgan fingerprint density at radius 1 is 1.14 bits per heavy atom. The summed E-state index contributed by atoms with van der Waals surface area (Å²) >= 11 is 5.89. The first-order valence-corrected chi connectivity index (χ1v) is 8.65. The number of hydrogen-bond donors (Lipinski definition) is 1. The summed E-state index contributed by atoms with van der Waals surface area (Å²) in [7, 11) is 0. The molecule has 0 atom stereocenters. The van der Waals surface area contributed by atoms with E-state index in [1.54, 1.807) is 36.4 Å². The molecule has 1 amide bonds. The van der Waals surface area contributed by atoms with Crippen LogP contribution in [0.25, 0.3) is 16.8 Å². The third-order valence-electron chi connectivity index (χ3n) is 4.07. The van der Waals surface area contributed by atoms with Crippen LogP contribution in [0.5, 0.6) is 0 Å². The van der Waals surface area contributed by atoms with E-state index in [4.69, 9.17) is 11.6 Å². The summed E-state index contributed by atoms with van der Waals surface area (Å²) in [5.41, 5.74) is 1.18. The molecule has 0 radical (unpaired) electrons. The van der Waals surface area contributed by atoms with E-state index in [-0.39, 0.29) is 17.7 Å². The standard InChI is InChI=1S/C19H13ClFN5O2/c20-13-7-5-12(6-8-13)16-9-17-19(28)25(22-11-26(17)24-16)10-18(27)23-15-4-2-1-3-14(15)21/h1-9,11H,10H2,(H,23,27). The first kappa shape index (κ1) is 17.9. The summed E-state index contributed by atoms with van der Waals surface area (Å²) in [6.07, 6.45) is 1.34. The lowest BCUT2D eigenvalue weighted by Crippen LogP contribution is -2.30. The Kier molecular flexibility index (Phi) is 4.62. The lowest BCUT2D eigenvalue weighted by Gasteiger charge is -2.07. The second-order valence-electron chi connectivity index (χ2n) is 5.99. The second-order valence-corrected chi connectivity index (χ2v) is 6.42. The SMILES string of the molecule is O=C(Cn1ncn2nc(-c3ccc(Cl)cc3)cc2c1=O)Nc1ccccc1F. The first-order chi connectivity index (χ1) is 13.5. The van der Waals surface area contributed by atoms with Gasteiger partial charge in [0, 0.05) is 10.6 Å². The van der Waals surface area contributed by atoms with Gasteiger partial charge < -0.3 is 5.32 Å². The maximum atomic E-state index is 13.6. The molecule has 0 aliphatic rings. The number of fused-ring (bicyclic) bond motifs is 1. The highest BCUT2D eigenvalue weighted by Crippen LogP contribution is 2.20. The van der Waals surface area contributed by atoms with Crippen molar-refractivity contribution in [2.75, 3.05) is 5.32 Å². The molecule has 2 aromatic carbocycles. The van der Waals surface area contributed by atoms with Crippen LogP contribution in [0, 0.1) is 5.82 Å². The van der Waals surface area contributed by atoms with E-state index >= 15 is 0 Å².